The lowest BCUT2D eigenvalue weighted by molar-refractivity contribution is -0.119. The van der Waals surface area contributed by atoms with Gasteiger partial charge in [-0.05, 0) is 43.6 Å². The van der Waals surface area contributed by atoms with E-state index in [1.54, 1.807) is 6.07 Å². The van der Waals surface area contributed by atoms with E-state index >= 15 is 0 Å². The highest BCUT2D eigenvalue weighted by Crippen LogP contribution is 2.25. The van der Waals surface area contributed by atoms with Gasteiger partial charge >= 0.3 is 0 Å². The van der Waals surface area contributed by atoms with Crippen molar-refractivity contribution in [3.8, 4) is 0 Å². The molecule has 0 saturated heterocycles. The van der Waals surface area contributed by atoms with Gasteiger partial charge < -0.3 is 15.5 Å². The molecule has 0 aliphatic heterocycles. The monoisotopic (exact) mass is 389 g/mol. The van der Waals surface area contributed by atoms with Crippen LogP contribution >= 0.6 is 12.2 Å². The van der Waals surface area contributed by atoms with E-state index in [4.69, 9.17) is 12.2 Å². The van der Waals surface area contributed by atoms with Crippen LogP contribution in [0.1, 0.15) is 75.1 Å². The zero-order valence-corrected chi connectivity index (χ0v) is 17.2. The second kappa shape index (κ2) is 11.0. The highest BCUT2D eigenvalue weighted by atomic mass is 32.1. The molecule has 27 heavy (non-hydrogen) atoms. The number of para-hydroxylation sites is 1. The van der Waals surface area contributed by atoms with Crippen LogP contribution in [-0.4, -0.2) is 34.9 Å². The van der Waals surface area contributed by atoms with Gasteiger partial charge in [0.15, 0.2) is 5.11 Å². The van der Waals surface area contributed by atoms with Gasteiger partial charge in [-0.3, -0.25) is 9.59 Å². The number of carbonyl (C=O) groups excluding carboxylic acids is 2. The summed E-state index contributed by atoms with van der Waals surface area (Å²) in [6.07, 6.45) is 9.13. The van der Waals surface area contributed by atoms with Crippen molar-refractivity contribution in [1.29, 1.82) is 0 Å². The molecule has 2 amide bonds. The highest BCUT2D eigenvalue weighted by Gasteiger charge is 2.24. The van der Waals surface area contributed by atoms with Crippen LogP contribution in [0.25, 0.3) is 0 Å². The number of amides is 2. The summed E-state index contributed by atoms with van der Waals surface area (Å²) < 4.78 is 0. The molecule has 148 valence electrons. The van der Waals surface area contributed by atoms with Crippen LogP contribution in [0.4, 0.5) is 5.69 Å². The lowest BCUT2D eigenvalue weighted by atomic mass is 9.94. The molecule has 6 heteroatoms. The van der Waals surface area contributed by atoms with Gasteiger partial charge in [-0.1, -0.05) is 51.2 Å². The molecule has 0 unspecified atom stereocenters. The number of thiocarbonyl (C=S) groups is 1. The third-order valence-electron chi connectivity index (χ3n) is 5.11. The van der Waals surface area contributed by atoms with Crippen molar-refractivity contribution in [3.05, 3.63) is 29.8 Å². The summed E-state index contributed by atoms with van der Waals surface area (Å²) in [6.45, 7) is 2.10. The molecule has 5 nitrogen and oxygen atoms in total. The molecular formula is C21H31N3O2S. The Morgan fingerprint density at radius 1 is 1.15 bits per heavy atom. The summed E-state index contributed by atoms with van der Waals surface area (Å²) in [6, 6.07) is 7.61. The van der Waals surface area contributed by atoms with Crippen molar-refractivity contribution in [1.82, 2.24) is 10.2 Å². The van der Waals surface area contributed by atoms with E-state index < -0.39 is 0 Å². The van der Waals surface area contributed by atoms with Gasteiger partial charge in [0.1, 0.15) is 0 Å². The first kappa shape index (κ1) is 21.4. The summed E-state index contributed by atoms with van der Waals surface area (Å²) >= 11 is 5.26. The van der Waals surface area contributed by atoms with Crippen LogP contribution < -0.4 is 10.6 Å². The smallest absolute Gasteiger partial charge is 0.255 e. The predicted molar refractivity (Wildman–Crippen MR) is 114 cm³/mol. The molecule has 2 rings (SSSR count). The number of benzene rings is 1. The highest BCUT2D eigenvalue weighted by molar-refractivity contribution is 7.80. The van der Waals surface area contributed by atoms with Crippen molar-refractivity contribution in [2.24, 2.45) is 0 Å². The van der Waals surface area contributed by atoms with E-state index in [1.165, 1.54) is 19.3 Å². The molecule has 1 saturated carbocycles. The zero-order valence-electron chi connectivity index (χ0n) is 16.4. The Morgan fingerprint density at radius 3 is 2.56 bits per heavy atom. The van der Waals surface area contributed by atoms with Crippen LogP contribution in [0, 0.1) is 0 Å². The van der Waals surface area contributed by atoms with Gasteiger partial charge in [0.25, 0.3) is 5.91 Å². The second-order valence-electron chi connectivity index (χ2n) is 7.21. The number of anilines is 1. The fraction of sp³-hybridized carbons (Fsp3) is 0.571. The summed E-state index contributed by atoms with van der Waals surface area (Å²) in [4.78, 5) is 26.8. The average molecular weight is 390 g/mol. The quantitative estimate of drug-likeness (QED) is 0.533. The molecule has 1 fully saturated rings. The van der Waals surface area contributed by atoms with Crippen molar-refractivity contribution in [2.45, 2.75) is 70.8 Å². The number of rotatable bonds is 7. The molecule has 0 aromatic heterocycles. The van der Waals surface area contributed by atoms with Gasteiger partial charge in [0, 0.05) is 19.5 Å². The summed E-state index contributed by atoms with van der Waals surface area (Å²) in [7, 11) is 1.88. The summed E-state index contributed by atoms with van der Waals surface area (Å²) in [5.74, 6) is -0.105. The number of carbonyl (C=O) groups is 2. The molecule has 0 bridgehead atoms. The maximum Gasteiger partial charge on any atom is 0.255 e. The minimum absolute atomic E-state index is 0.0120. The van der Waals surface area contributed by atoms with Crippen LogP contribution in [0.5, 0.6) is 0 Å². The van der Waals surface area contributed by atoms with Crippen molar-refractivity contribution < 1.29 is 9.59 Å². The largest absolute Gasteiger partial charge is 0.339 e. The Hall–Kier alpha value is -1.95. The first-order chi connectivity index (χ1) is 13.0. The van der Waals surface area contributed by atoms with Crippen LogP contribution in [0.15, 0.2) is 24.3 Å². The molecule has 1 aromatic carbocycles. The van der Waals surface area contributed by atoms with Crippen molar-refractivity contribution >= 4 is 34.8 Å². The van der Waals surface area contributed by atoms with Gasteiger partial charge in [0.05, 0.1) is 11.3 Å². The minimum atomic E-state index is -0.0934. The van der Waals surface area contributed by atoms with Crippen molar-refractivity contribution in [2.75, 3.05) is 12.4 Å². The fourth-order valence-electron chi connectivity index (χ4n) is 3.48. The topological polar surface area (TPSA) is 61.4 Å². The molecular weight excluding hydrogens is 358 g/mol. The first-order valence-corrected chi connectivity index (χ1v) is 10.4. The maximum absolute atomic E-state index is 13.0. The Bertz CT molecular complexity index is 657. The predicted octanol–water partition coefficient (Wildman–Crippen LogP) is 4.48. The van der Waals surface area contributed by atoms with Gasteiger partial charge in [-0.25, -0.2) is 0 Å². The van der Waals surface area contributed by atoms with Gasteiger partial charge in [-0.15, -0.1) is 0 Å². The molecule has 0 heterocycles. The second-order valence-corrected chi connectivity index (χ2v) is 7.62. The van der Waals surface area contributed by atoms with Gasteiger partial charge in [0.2, 0.25) is 5.91 Å². The minimum Gasteiger partial charge on any atom is -0.339 e. The Labute approximate surface area is 167 Å². The average Bonchev–Trinajstić information content (AvgIpc) is 2.68. The maximum atomic E-state index is 13.0. The first-order valence-electron chi connectivity index (χ1n) is 10.00. The molecule has 2 N–H and O–H groups in total. The third kappa shape index (κ3) is 6.61. The Kier molecular flexibility index (Phi) is 8.72. The summed E-state index contributed by atoms with van der Waals surface area (Å²) in [5, 5.41) is 5.96. The van der Waals surface area contributed by atoms with Crippen LogP contribution in [-0.2, 0) is 4.79 Å². The van der Waals surface area contributed by atoms with E-state index in [2.05, 4.69) is 17.6 Å². The lowest BCUT2D eigenvalue weighted by Crippen LogP contribution is -2.39. The normalized spacial score (nSPS) is 14.4. The zero-order chi connectivity index (χ0) is 19.6. The number of unbranched alkanes of at least 4 members (excludes halogenated alkanes) is 2. The molecule has 1 aliphatic rings. The van der Waals surface area contributed by atoms with E-state index in [-0.39, 0.29) is 16.9 Å². The Balaban J connectivity index is 1.98. The van der Waals surface area contributed by atoms with Crippen LogP contribution in [0.3, 0.4) is 0 Å². The lowest BCUT2D eigenvalue weighted by Gasteiger charge is -2.31. The Morgan fingerprint density at radius 2 is 1.85 bits per heavy atom. The molecule has 1 aromatic rings. The van der Waals surface area contributed by atoms with Gasteiger partial charge in [-0.2, -0.15) is 0 Å². The molecule has 1 aliphatic carbocycles. The SMILES string of the molecule is CCCCCC(=O)NC(=S)Nc1ccccc1C(=O)N(C)C1CCCCC1. The molecule has 0 spiro atoms. The number of hydrogen-bond acceptors (Lipinski definition) is 3. The van der Waals surface area contributed by atoms with E-state index in [1.807, 2.05) is 30.1 Å². The molecule has 0 radical (unpaired) electrons. The number of nitrogens with zero attached hydrogens (tertiary/aromatic N) is 1. The molecule has 0 atom stereocenters. The van der Waals surface area contributed by atoms with Crippen molar-refractivity contribution in [3.63, 3.8) is 0 Å². The number of nitrogens with one attached hydrogen (secondary N) is 2. The standard InChI is InChI=1S/C21H31N3O2S/c1-3-4-6-15-19(25)23-21(27)22-18-14-10-9-13-17(18)20(26)24(2)16-11-7-5-8-12-16/h9-10,13-14,16H,3-8,11-12,15H2,1-2H3,(H2,22,23,25,27). The fourth-order valence-corrected chi connectivity index (χ4v) is 3.70. The van der Waals surface area contributed by atoms with E-state index in [0.717, 1.165) is 32.1 Å². The number of hydrogen-bond donors (Lipinski definition) is 2. The van der Waals surface area contributed by atoms with E-state index in [9.17, 15) is 9.59 Å². The van der Waals surface area contributed by atoms with Crippen LogP contribution in [0.2, 0.25) is 0 Å². The van der Waals surface area contributed by atoms with E-state index in [0.29, 0.717) is 23.7 Å². The third-order valence-corrected chi connectivity index (χ3v) is 5.31. The summed E-state index contributed by atoms with van der Waals surface area (Å²) in [5.41, 5.74) is 1.21.